The van der Waals surface area contributed by atoms with Crippen molar-refractivity contribution in [2.75, 3.05) is 13.7 Å². The first-order valence-electron chi connectivity index (χ1n) is 9.57. The van der Waals surface area contributed by atoms with Crippen molar-refractivity contribution in [2.45, 2.75) is 69.6 Å². The lowest BCUT2D eigenvalue weighted by atomic mass is 10.2. The van der Waals surface area contributed by atoms with E-state index in [2.05, 4.69) is 10.6 Å². The number of rotatable bonds is 9. The van der Waals surface area contributed by atoms with Gasteiger partial charge in [-0.1, -0.05) is 11.9 Å². The van der Waals surface area contributed by atoms with Crippen molar-refractivity contribution in [3.63, 3.8) is 0 Å². The Morgan fingerprint density at radius 2 is 1.86 bits per heavy atom. The average molecular weight is 429 g/mol. The van der Waals surface area contributed by atoms with Gasteiger partial charge < -0.3 is 20.2 Å². The van der Waals surface area contributed by atoms with Crippen LogP contribution in [-0.2, 0) is 28.7 Å². The molecule has 10 nitrogen and oxygen atoms in total. The smallest absolute Gasteiger partial charge is 0.250 e. The topological polar surface area (TPSA) is 125 Å². The second-order valence-corrected chi connectivity index (χ2v) is 8.43. The minimum absolute atomic E-state index is 0.0131. The van der Waals surface area contributed by atoms with Gasteiger partial charge in [0.2, 0.25) is 23.6 Å². The normalized spacial score (nSPS) is 25.6. The summed E-state index contributed by atoms with van der Waals surface area (Å²) >= 11 is 1.21. The number of likely N-dealkylation sites (tertiary alicyclic amines) is 1. The maximum absolute atomic E-state index is 12.7. The molecule has 4 unspecified atom stereocenters. The lowest BCUT2D eigenvalue weighted by Gasteiger charge is -2.26. The molecule has 0 aliphatic carbocycles. The van der Waals surface area contributed by atoms with Crippen LogP contribution in [0.2, 0.25) is 0 Å². The number of nitrogens with zero attached hydrogens (tertiary/aromatic N) is 2. The number of imide groups is 1. The Hall–Kier alpha value is -1.98. The first-order chi connectivity index (χ1) is 13.7. The van der Waals surface area contributed by atoms with Gasteiger partial charge in [-0.05, 0) is 33.6 Å². The Bertz CT molecular complexity index is 675. The molecule has 0 aromatic rings. The molecule has 0 bridgehead atoms. The SMILES string of the molecule is COC(C)C(=O)NC(C)NC(=O)C(C)N1C(=O)CC(SN2CCC[C@H]2C=O)C1=O. The molecule has 0 aromatic carbocycles. The highest BCUT2D eigenvalue weighted by molar-refractivity contribution is 7.98. The van der Waals surface area contributed by atoms with E-state index in [1.807, 2.05) is 4.31 Å². The first-order valence-corrected chi connectivity index (χ1v) is 10.4. The van der Waals surface area contributed by atoms with Crippen LogP contribution in [-0.4, -0.2) is 82.4 Å². The molecule has 2 aliphatic heterocycles. The summed E-state index contributed by atoms with van der Waals surface area (Å²) in [7, 11) is 1.40. The number of ether oxygens (including phenoxy) is 1. The number of methoxy groups -OCH3 is 1. The standard InChI is InChI=1S/C18H28N4O6S/c1-10(16(25)19-12(3)20-17(26)11(2)28-4)22-15(24)8-14(18(22)27)29-21-7-5-6-13(21)9-23/h9-14H,5-8H2,1-4H3,(H,19,25)(H,20,26)/t10?,11?,12?,13-,14?/m0/s1. The lowest BCUT2D eigenvalue weighted by molar-refractivity contribution is -0.146. The van der Waals surface area contributed by atoms with Crippen LogP contribution >= 0.6 is 11.9 Å². The van der Waals surface area contributed by atoms with E-state index < -0.39 is 47.2 Å². The van der Waals surface area contributed by atoms with E-state index in [1.165, 1.54) is 26.0 Å². The van der Waals surface area contributed by atoms with Crippen LogP contribution in [0, 0.1) is 0 Å². The third kappa shape index (κ3) is 5.55. The first kappa shape index (κ1) is 23.3. The quantitative estimate of drug-likeness (QED) is 0.216. The summed E-state index contributed by atoms with van der Waals surface area (Å²) in [6.07, 6.45) is 1.06. The summed E-state index contributed by atoms with van der Waals surface area (Å²) in [5.74, 6) is -1.82. The molecule has 4 amide bonds. The Morgan fingerprint density at radius 1 is 1.21 bits per heavy atom. The van der Waals surface area contributed by atoms with Crippen molar-refractivity contribution in [1.82, 2.24) is 19.8 Å². The minimum Gasteiger partial charge on any atom is -0.372 e. The van der Waals surface area contributed by atoms with Crippen LogP contribution < -0.4 is 10.6 Å². The molecule has 2 fully saturated rings. The molecule has 0 radical (unpaired) electrons. The highest BCUT2D eigenvalue weighted by Gasteiger charge is 2.45. The second kappa shape index (κ2) is 10.2. The molecule has 2 aliphatic rings. The van der Waals surface area contributed by atoms with E-state index in [4.69, 9.17) is 4.74 Å². The molecule has 2 saturated heterocycles. The number of amides is 4. The second-order valence-electron chi connectivity index (χ2n) is 7.18. The number of hydrogen-bond acceptors (Lipinski definition) is 8. The van der Waals surface area contributed by atoms with Gasteiger partial charge in [0.1, 0.15) is 23.7 Å². The summed E-state index contributed by atoms with van der Waals surface area (Å²) < 4.78 is 6.75. The van der Waals surface area contributed by atoms with E-state index in [-0.39, 0.29) is 12.5 Å². The summed E-state index contributed by atoms with van der Waals surface area (Å²) in [5.41, 5.74) is 0. The summed E-state index contributed by atoms with van der Waals surface area (Å²) in [6.45, 7) is 5.29. The largest absolute Gasteiger partial charge is 0.372 e. The molecule has 11 heteroatoms. The average Bonchev–Trinajstić information content (AvgIpc) is 3.24. The summed E-state index contributed by atoms with van der Waals surface area (Å²) in [4.78, 5) is 61.5. The molecule has 2 rings (SSSR count). The van der Waals surface area contributed by atoms with Crippen molar-refractivity contribution in [3.8, 4) is 0 Å². The van der Waals surface area contributed by atoms with Gasteiger partial charge in [-0.3, -0.25) is 24.1 Å². The van der Waals surface area contributed by atoms with Crippen LogP contribution in [0.3, 0.4) is 0 Å². The molecule has 0 aromatic heterocycles. The Labute approximate surface area is 174 Å². The van der Waals surface area contributed by atoms with Gasteiger partial charge in [-0.15, -0.1) is 0 Å². The van der Waals surface area contributed by atoms with Crippen LogP contribution in [0.25, 0.3) is 0 Å². The van der Waals surface area contributed by atoms with Crippen molar-refractivity contribution in [2.24, 2.45) is 0 Å². The van der Waals surface area contributed by atoms with Crippen LogP contribution in [0.1, 0.15) is 40.0 Å². The van der Waals surface area contributed by atoms with Gasteiger partial charge in [-0.25, -0.2) is 4.31 Å². The maximum atomic E-state index is 12.7. The van der Waals surface area contributed by atoms with Crippen LogP contribution in [0.5, 0.6) is 0 Å². The highest BCUT2D eigenvalue weighted by Crippen LogP contribution is 2.33. The van der Waals surface area contributed by atoms with Crippen molar-refractivity contribution in [1.29, 1.82) is 0 Å². The molecule has 162 valence electrons. The third-order valence-electron chi connectivity index (χ3n) is 5.02. The number of carbonyl (C=O) groups excluding carboxylic acids is 5. The van der Waals surface area contributed by atoms with Gasteiger partial charge >= 0.3 is 0 Å². The van der Waals surface area contributed by atoms with Crippen molar-refractivity contribution in [3.05, 3.63) is 0 Å². The number of aldehydes is 1. The zero-order chi connectivity index (χ0) is 21.7. The van der Waals surface area contributed by atoms with Gasteiger partial charge in [0.15, 0.2) is 0 Å². The Morgan fingerprint density at radius 3 is 2.48 bits per heavy atom. The zero-order valence-electron chi connectivity index (χ0n) is 17.0. The molecular weight excluding hydrogens is 400 g/mol. The summed E-state index contributed by atoms with van der Waals surface area (Å²) in [5, 5.41) is 4.50. The number of hydrogen-bond donors (Lipinski definition) is 2. The fourth-order valence-electron chi connectivity index (χ4n) is 3.23. The van der Waals surface area contributed by atoms with E-state index in [0.717, 1.165) is 24.0 Å². The van der Waals surface area contributed by atoms with E-state index in [9.17, 15) is 24.0 Å². The van der Waals surface area contributed by atoms with Crippen molar-refractivity contribution >= 4 is 41.9 Å². The number of nitrogens with one attached hydrogen (secondary N) is 2. The molecule has 29 heavy (non-hydrogen) atoms. The van der Waals surface area contributed by atoms with Crippen molar-refractivity contribution < 1.29 is 28.7 Å². The minimum atomic E-state index is -1.01. The Kier molecular flexibility index (Phi) is 8.17. The monoisotopic (exact) mass is 428 g/mol. The molecule has 5 atom stereocenters. The Balaban J connectivity index is 1.93. The van der Waals surface area contributed by atoms with Gasteiger partial charge in [0.25, 0.3) is 0 Å². The fraction of sp³-hybridized carbons (Fsp3) is 0.722. The highest BCUT2D eigenvalue weighted by atomic mass is 32.2. The van der Waals surface area contributed by atoms with Gasteiger partial charge in [0, 0.05) is 20.1 Å². The molecule has 2 N–H and O–H groups in total. The van der Waals surface area contributed by atoms with Gasteiger partial charge in [0.05, 0.1) is 12.2 Å². The predicted octanol–water partition coefficient (Wildman–Crippen LogP) is -0.573. The molecular formula is C18H28N4O6S. The van der Waals surface area contributed by atoms with Crippen LogP contribution in [0.4, 0.5) is 0 Å². The van der Waals surface area contributed by atoms with E-state index in [0.29, 0.717) is 6.54 Å². The van der Waals surface area contributed by atoms with E-state index >= 15 is 0 Å². The van der Waals surface area contributed by atoms with Crippen LogP contribution in [0.15, 0.2) is 0 Å². The molecule has 2 heterocycles. The fourth-order valence-corrected chi connectivity index (χ4v) is 4.53. The van der Waals surface area contributed by atoms with Gasteiger partial charge in [-0.2, -0.15) is 0 Å². The lowest BCUT2D eigenvalue weighted by Crippen LogP contribution is -2.55. The zero-order valence-corrected chi connectivity index (χ0v) is 17.9. The predicted molar refractivity (Wildman–Crippen MR) is 105 cm³/mol. The molecule has 0 saturated carbocycles. The molecule has 0 spiro atoms. The third-order valence-corrected chi connectivity index (χ3v) is 6.36. The van der Waals surface area contributed by atoms with E-state index in [1.54, 1.807) is 13.8 Å². The summed E-state index contributed by atoms with van der Waals surface area (Å²) in [6, 6.07) is -1.27. The number of carbonyl (C=O) groups is 5. The maximum Gasteiger partial charge on any atom is 0.250 e.